The highest BCUT2D eigenvalue weighted by atomic mass is 15.1. The molecule has 48 heavy (non-hydrogen) atoms. The predicted molar refractivity (Wildman–Crippen MR) is 204 cm³/mol. The van der Waals surface area contributed by atoms with Crippen molar-refractivity contribution in [2.24, 2.45) is 0 Å². The average molecular weight is 613 g/mol. The van der Waals surface area contributed by atoms with E-state index in [1.165, 1.54) is 54.8 Å². The number of hydrogen-bond acceptors (Lipinski definition) is 1. The molecule has 0 saturated carbocycles. The standard InChI is InChI=1S/C46H32N2/c1-3-14-33(15-4-1)35-26-29-38(30-27-35)47(42-22-11-9-20-40(42)36-17-5-2-6-18-36)44-24-13-25-45-46(44)41-21-10-12-23-43(41)48(45)39-31-28-34-16-7-8-19-37(34)32-39/h1-32H. The molecule has 0 spiro atoms. The van der Waals surface area contributed by atoms with Gasteiger partial charge in [-0.2, -0.15) is 0 Å². The second kappa shape index (κ2) is 11.8. The molecule has 226 valence electrons. The summed E-state index contributed by atoms with van der Waals surface area (Å²) in [7, 11) is 0. The van der Waals surface area contributed by atoms with Crippen LogP contribution in [0.2, 0.25) is 0 Å². The van der Waals surface area contributed by atoms with Crippen LogP contribution in [0, 0.1) is 0 Å². The van der Waals surface area contributed by atoms with Crippen LogP contribution in [-0.4, -0.2) is 4.57 Å². The van der Waals surface area contributed by atoms with Crippen LogP contribution in [0.25, 0.3) is 60.5 Å². The molecule has 0 unspecified atom stereocenters. The lowest BCUT2D eigenvalue weighted by Gasteiger charge is -2.29. The molecule has 0 aliphatic rings. The van der Waals surface area contributed by atoms with Crippen molar-refractivity contribution in [2.75, 3.05) is 4.90 Å². The van der Waals surface area contributed by atoms with E-state index < -0.39 is 0 Å². The van der Waals surface area contributed by atoms with E-state index in [-0.39, 0.29) is 0 Å². The van der Waals surface area contributed by atoms with Crippen LogP contribution in [0.3, 0.4) is 0 Å². The maximum Gasteiger partial charge on any atom is 0.0562 e. The summed E-state index contributed by atoms with van der Waals surface area (Å²) in [5, 5.41) is 4.91. The third-order valence-corrected chi connectivity index (χ3v) is 9.37. The van der Waals surface area contributed by atoms with Crippen LogP contribution in [-0.2, 0) is 0 Å². The van der Waals surface area contributed by atoms with Crippen molar-refractivity contribution >= 4 is 49.6 Å². The van der Waals surface area contributed by atoms with Crippen molar-refractivity contribution in [1.82, 2.24) is 4.57 Å². The first-order valence-electron chi connectivity index (χ1n) is 16.4. The molecule has 8 aromatic carbocycles. The molecule has 0 radical (unpaired) electrons. The van der Waals surface area contributed by atoms with Gasteiger partial charge in [0.1, 0.15) is 0 Å². The van der Waals surface area contributed by atoms with Crippen LogP contribution in [0.4, 0.5) is 17.1 Å². The van der Waals surface area contributed by atoms with Crippen molar-refractivity contribution in [3.05, 3.63) is 194 Å². The smallest absolute Gasteiger partial charge is 0.0562 e. The molecule has 9 rings (SSSR count). The minimum Gasteiger partial charge on any atom is -0.309 e. The minimum atomic E-state index is 1.10. The van der Waals surface area contributed by atoms with Gasteiger partial charge in [-0.3, -0.25) is 0 Å². The molecular formula is C46H32N2. The molecule has 0 bridgehead atoms. The second-order valence-corrected chi connectivity index (χ2v) is 12.2. The molecule has 0 atom stereocenters. The first kappa shape index (κ1) is 27.9. The average Bonchev–Trinajstić information content (AvgIpc) is 3.51. The summed E-state index contributed by atoms with van der Waals surface area (Å²) in [6.07, 6.45) is 0. The molecule has 2 heteroatoms. The van der Waals surface area contributed by atoms with Gasteiger partial charge in [-0.05, 0) is 76.0 Å². The van der Waals surface area contributed by atoms with Gasteiger partial charge in [-0.1, -0.05) is 146 Å². The summed E-state index contributed by atoms with van der Waals surface area (Å²) >= 11 is 0. The van der Waals surface area contributed by atoms with E-state index in [0.29, 0.717) is 0 Å². The Morgan fingerprint density at radius 2 is 0.979 bits per heavy atom. The molecule has 1 heterocycles. The molecule has 0 fully saturated rings. The van der Waals surface area contributed by atoms with E-state index in [0.717, 1.165) is 22.7 Å². The zero-order valence-electron chi connectivity index (χ0n) is 26.4. The molecule has 9 aromatic rings. The molecule has 1 aromatic heterocycles. The molecule has 0 saturated heterocycles. The lowest BCUT2D eigenvalue weighted by molar-refractivity contribution is 1.18. The van der Waals surface area contributed by atoms with Crippen LogP contribution < -0.4 is 4.90 Å². The molecule has 0 N–H and O–H groups in total. The molecule has 0 amide bonds. The molecule has 2 nitrogen and oxygen atoms in total. The maximum absolute atomic E-state index is 2.44. The van der Waals surface area contributed by atoms with Crippen LogP contribution >= 0.6 is 0 Å². The van der Waals surface area contributed by atoms with E-state index in [9.17, 15) is 0 Å². The zero-order valence-corrected chi connectivity index (χ0v) is 26.4. The van der Waals surface area contributed by atoms with Crippen molar-refractivity contribution in [2.45, 2.75) is 0 Å². The highest BCUT2D eigenvalue weighted by Crippen LogP contribution is 2.46. The lowest BCUT2D eigenvalue weighted by Crippen LogP contribution is -2.11. The lowest BCUT2D eigenvalue weighted by atomic mass is 10.00. The summed E-state index contributed by atoms with van der Waals surface area (Å²) in [5.41, 5.74) is 11.7. The zero-order chi connectivity index (χ0) is 31.9. The number of benzene rings is 8. The van der Waals surface area contributed by atoms with Crippen LogP contribution in [0.5, 0.6) is 0 Å². The van der Waals surface area contributed by atoms with Crippen molar-refractivity contribution in [3.63, 3.8) is 0 Å². The Kier molecular flexibility index (Phi) is 6.84. The Morgan fingerprint density at radius 3 is 1.79 bits per heavy atom. The molecule has 0 aliphatic carbocycles. The number of hydrogen-bond donors (Lipinski definition) is 0. The first-order chi connectivity index (χ1) is 23.8. The van der Waals surface area contributed by atoms with Gasteiger partial charge in [0.2, 0.25) is 0 Å². The minimum absolute atomic E-state index is 1.10. The summed E-state index contributed by atoms with van der Waals surface area (Å²) in [5.74, 6) is 0. The number of aromatic nitrogens is 1. The highest BCUT2D eigenvalue weighted by Gasteiger charge is 2.23. The van der Waals surface area contributed by atoms with Gasteiger partial charge in [-0.25, -0.2) is 0 Å². The summed E-state index contributed by atoms with van der Waals surface area (Å²) in [4.78, 5) is 2.44. The SMILES string of the molecule is c1ccc(-c2ccc(N(c3ccccc3-c3ccccc3)c3cccc4c3c3ccccc3n4-c3ccc4ccccc4c3)cc2)cc1. The number of fused-ring (bicyclic) bond motifs is 4. The summed E-state index contributed by atoms with van der Waals surface area (Å²) < 4.78 is 2.42. The topological polar surface area (TPSA) is 8.17 Å². The number of para-hydroxylation sites is 2. The first-order valence-corrected chi connectivity index (χ1v) is 16.4. The Morgan fingerprint density at radius 1 is 0.375 bits per heavy atom. The fourth-order valence-electron chi connectivity index (χ4n) is 7.15. The second-order valence-electron chi connectivity index (χ2n) is 12.2. The normalized spacial score (nSPS) is 11.3. The van der Waals surface area contributed by atoms with E-state index >= 15 is 0 Å². The van der Waals surface area contributed by atoms with Crippen molar-refractivity contribution in [3.8, 4) is 27.9 Å². The Balaban J connectivity index is 1.32. The number of anilines is 3. The predicted octanol–water partition coefficient (Wildman–Crippen LogP) is 12.7. The van der Waals surface area contributed by atoms with E-state index in [1.807, 2.05) is 0 Å². The van der Waals surface area contributed by atoms with Crippen LogP contribution in [0.1, 0.15) is 0 Å². The fourth-order valence-corrected chi connectivity index (χ4v) is 7.15. The fraction of sp³-hybridized carbons (Fsp3) is 0. The van der Waals surface area contributed by atoms with Crippen molar-refractivity contribution in [1.29, 1.82) is 0 Å². The number of nitrogens with zero attached hydrogens (tertiary/aromatic N) is 2. The Bertz CT molecular complexity index is 2550. The van der Waals surface area contributed by atoms with Crippen molar-refractivity contribution < 1.29 is 0 Å². The monoisotopic (exact) mass is 612 g/mol. The third kappa shape index (κ3) is 4.74. The van der Waals surface area contributed by atoms with Crippen LogP contribution in [0.15, 0.2) is 194 Å². The van der Waals surface area contributed by atoms with Gasteiger partial charge >= 0.3 is 0 Å². The van der Waals surface area contributed by atoms with Gasteiger partial charge in [0.05, 0.1) is 22.4 Å². The van der Waals surface area contributed by atoms with Gasteiger partial charge in [0, 0.05) is 27.7 Å². The third-order valence-electron chi connectivity index (χ3n) is 9.37. The van der Waals surface area contributed by atoms with Gasteiger partial charge in [-0.15, -0.1) is 0 Å². The quantitative estimate of drug-likeness (QED) is 0.181. The molecule has 0 aliphatic heterocycles. The van der Waals surface area contributed by atoms with E-state index in [4.69, 9.17) is 0 Å². The number of rotatable bonds is 6. The maximum atomic E-state index is 2.44. The largest absolute Gasteiger partial charge is 0.309 e. The van der Waals surface area contributed by atoms with Gasteiger partial charge < -0.3 is 9.47 Å². The van der Waals surface area contributed by atoms with E-state index in [2.05, 4.69) is 204 Å². The molecular weight excluding hydrogens is 581 g/mol. The Labute approximate surface area is 280 Å². The van der Waals surface area contributed by atoms with E-state index in [1.54, 1.807) is 0 Å². The van der Waals surface area contributed by atoms with Gasteiger partial charge in [0.25, 0.3) is 0 Å². The summed E-state index contributed by atoms with van der Waals surface area (Å²) in [6, 6.07) is 69.9. The van der Waals surface area contributed by atoms with Gasteiger partial charge in [0.15, 0.2) is 0 Å². The summed E-state index contributed by atoms with van der Waals surface area (Å²) in [6.45, 7) is 0. The Hall–Kier alpha value is -6.38. The highest BCUT2D eigenvalue weighted by molar-refractivity contribution is 6.17.